The van der Waals surface area contributed by atoms with Crippen LogP contribution in [-0.2, 0) is 0 Å². The fourth-order valence-electron chi connectivity index (χ4n) is 1.34. The average molecular weight is 290 g/mol. The topological polar surface area (TPSA) is 55.5 Å². The van der Waals surface area contributed by atoms with Crippen molar-refractivity contribution < 1.29 is 27.4 Å². The Kier molecular flexibility index (Phi) is 5.85. The molecule has 2 atom stereocenters. The zero-order valence-corrected chi connectivity index (χ0v) is 10.1. The molecule has 0 aliphatic rings. The number of ether oxygens (including phenoxy) is 1. The Morgan fingerprint density at radius 2 is 1.89 bits per heavy atom. The van der Waals surface area contributed by atoms with Gasteiger partial charge in [0.1, 0.15) is 11.6 Å². The van der Waals surface area contributed by atoms with Crippen LogP contribution in [0.4, 0.5) is 17.6 Å². The number of hydrogen-bond acceptors (Lipinski definition) is 3. The number of halogens is 5. The molecule has 0 amide bonds. The number of aliphatic hydroxyl groups excluding tert-OH is 1. The van der Waals surface area contributed by atoms with Crippen LogP contribution in [0.2, 0.25) is 0 Å². The van der Waals surface area contributed by atoms with Crippen molar-refractivity contribution in [2.75, 3.05) is 7.11 Å². The molecule has 0 saturated carbocycles. The summed E-state index contributed by atoms with van der Waals surface area (Å²) in [7, 11) is 1.21. The van der Waals surface area contributed by atoms with Gasteiger partial charge in [0, 0.05) is 5.56 Å². The van der Waals surface area contributed by atoms with Gasteiger partial charge < -0.3 is 15.6 Å². The summed E-state index contributed by atoms with van der Waals surface area (Å²) in [6, 6.07) is 1.17. The van der Waals surface area contributed by atoms with Crippen LogP contribution in [0, 0.1) is 5.82 Å². The van der Waals surface area contributed by atoms with E-state index in [9.17, 15) is 17.6 Å². The molecule has 1 rings (SSSR count). The lowest BCUT2D eigenvalue weighted by Crippen LogP contribution is -2.39. The lowest BCUT2D eigenvalue weighted by molar-refractivity contribution is -0.210. The van der Waals surface area contributed by atoms with Gasteiger partial charge in [0.25, 0.3) is 0 Å². The number of aliphatic hydroxyl groups is 1. The second-order valence-corrected chi connectivity index (χ2v) is 3.40. The van der Waals surface area contributed by atoms with E-state index in [0.29, 0.717) is 0 Å². The number of hydrogen-bond donors (Lipinski definition) is 2. The van der Waals surface area contributed by atoms with Gasteiger partial charge in [-0.3, -0.25) is 0 Å². The highest BCUT2D eigenvalue weighted by Gasteiger charge is 2.43. The predicted octanol–water partition coefficient (Wildman–Crippen LogP) is 2.18. The summed E-state index contributed by atoms with van der Waals surface area (Å²) >= 11 is 0. The molecule has 3 N–H and O–H groups in total. The van der Waals surface area contributed by atoms with E-state index in [4.69, 9.17) is 15.6 Å². The third kappa shape index (κ3) is 3.72. The van der Waals surface area contributed by atoms with Crippen molar-refractivity contribution in [1.82, 2.24) is 0 Å². The van der Waals surface area contributed by atoms with Crippen LogP contribution in [0.5, 0.6) is 5.75 Å². The molecule has 0 saturated heterocycles. The largest absolute Gasteiger partial charge is 0.496 e. The van der Waals surface area contributed by atoms with Crippen molar-refractivity contribution in [2.45, 2.75) is 18.3 Å². The summed E-state index contributed by atoms with van der Waals surface area (Å²) < 4.78 is 54.5. The molecule has 8 heteroatoms. The normalized spacial score (nSPS) is 14.6. The van der Waals surface area contributed by atoms with Crippen molar-refractivity contribution in [1.29, 1.82) is 0 Å². The molecule has 3 nitrogen and oxygen atoms in total. The molecule has 0 radical (unpaired) electrons. The van der Waals surface area contributed by atoms with Crippen LogP contribution >= 0.6 is 12.4 Å². The van der Waals surface area contributed by atoms with E-state index < -0.39 is 24.1 Å². The van der Waals surface area contributed by atoms with E-state index in [2.05, 4.69) is 0 Å². The minimum atomic E-state index is -4.88. The molecule has 0 heterocycles. The van der Waals surface area contributed by atoms with Crippen molar-refractivity contribution in [3.8, 4) is 5.75 Å². The van der Waals surface area contributed by atoms with Gasteiger partial charge >= 0.3 is 6.18 Å². The summed E-state index contributed by atoms with van der Waals surface area (Å²) in [5.74, 6) is -0.771. The van der Waals surface area contributed by atoms with Crippen molar-refractivity contribution in [3.63, 3.8) is 0 Å². The Bertz CT molecular complexity index is 400. The average Bonchev–Trinajstić information content (AvgIpc) is 2.25. The maximum atomic E-state index is 12.9. The molecule has 0 unspecified atom stereocenters. The number of methoxy groups -OCH3 is 1. The first-order valence-corrected chi connectivity index (χ1v) is 4.61. The highest BCUT2D eigenvalue weighted by atomic mass is 35.5. The standard InChI is InChI=1S/C10H11F4NO2.ClH/c1-17-7-3-2-5(11)4-6(7)8(15)9(16)10(12,13)14;/h2-4,8-9,16H,15H2,1H3;1H/t8-,9-;/m0./s1. The molecule has 104 valence electrons. The molecule has 0 aliphatic heterocycles. The van der Waals surface area contributed by atoms with E-state index >= 15 is 0 Å². The summed E-state index contributed by atoms with van der Waals surface area (Å²) in [4.78, 5) is 0. The molecule has 0 bridgehead atoms. The van der Waals surface area contributed by atoms with Crippen molar-refractivity contribution >= 4 is 12.4 Å². The van der Waals surface area contributed by atoms with Gasteiger partial charge in [0.2, 0.25) is 0 Å². The first-order chi connectivity index (χ1) is 7.77. The number of benzene rings is 1. The Balaban J connectivity index is 0.00000289. The molecule has 0 fully saturated rings. The summed E-state index contributed by atoms with van der Waals surface area (Å²) in [5.41, 5.74) is 5.01. The molecular weight excluding hydrogens is 278 g/mol. The smallest absolute Gasteiger partial charge is 0.416 e. The van der Waals surface area contributed by atoms with Crippen LogP contribution < -0.4 is 10.5 Å². The molecular formula is C10H12ClF4NO2. The molecule has 0 spiro atoms. The van der Waals surface area contributed by atoms with Gasteiger partial charge in [-0.1, -0.05) is 0 Å². The SMILES string of the molecule is COc1ccc(F)cc1[C@H](N)[C@H](O)C(F)(F)F.Cl. The Hall–Kier alpha value is -1.05. The zero-order valence-electron chi connectivity index (χ0n) is 9.24. The van der Waals surface area contributed by atoms with Crippen molar-refractivity contribution in [3.05, 3.63) is 29.6 Å². The van der Waals surface area contributed by atoms with Gasteiger partial charge in [-0.15, -0.1) is 12.4 Å². The predicted molar refractivity (Wildman–Crippen MR) is 59.2 cm³/mol. The van der Waals surface area contributed by atoms with Crippen LogP contribution in [0.1, 0.15) is 11.6 Å². The van der Waals surface area contributed by atoms with E-state index in [1.807, 2.05) is 0 Å². The second-order valence-electron chi connectivity index (χ2n) is 3.40. The first-order valence-electron chi connectivity index (χ1n) is 4.61. The van der Waals surface area contributed by atoms with Crippen LogP contribution in [-0.4, -0.2) is 24.5 Å². The molecule has 1 aromatic carbocycles. The van der Waals surface area contributed by atoms with Crippen LogP contribution in [0.3, 0.4) is 0 Å². The molecule has 0 aliphatic carbocycles. The second kappa shape index (κ2) is 6.21. The van der Waals surface area contributed by atoms with E-state index in [1.54, 1.807) is 0 Å². The highest BCUT2D eigenvalue weighted by molar-refractivity contribution is 5.85. The number of rotatable bonds is 3. The Morgan fingerprint density at radius 1 is 1.33 bits per heavy atom. The van der Waals surface area contributed by atoms with Gasteiger partial charge in [0.15, 0.2) is 6.10 Å². The highest BCUT2D eigenvalue weighted by Crippen LogP contribution is 2.33. The summed E-state index contributed by atoms with van der Waals surface area (Å²) in [5, 5.41) is 8.99. The van der Waals surface area contributed by atoms with E-state index in [1.165, 1.54) is 7.11 Å². The van der Waals surface area contributed by atoms with Crippen LogP contribution in [0.15, 0.2) is 18.2 Å². The first kappa shape index (κ1) is 16.9. The van der Waals surface area contributed by atoms with Gasteiger partial charge in [-0.25, -0.2) is 4.39 Å². The third-order valence-corrected chi connectivity index (χ3v) is 2.23. The minimum absolute atomic E-state index is 0. The maximum Gasteiger partial charge on any atom is 0.416 e. The molecule has 0 aromatic heterocycles. The van der Waals surface area contributed by atoms with E-state index in [-0.39, 0.29) is 23.7 Å². The van der Waals surface area contributed by atoms with Gasteiger partial charge in [-0.2, -0.15) is 13.2 Å². The van der Waals surface area contributed by atoms with Gasteiger partial charge in [-0.05, 0) is 18.2 Å². The quantitative estimate of drug-likeness (QED) is 0.839. The monoisotopic (exact) mass is 289 g/mol. The Labute approximate surface area is 107 Å². The fourth-order valence-corrected chi connectivity index (χ4v) is 1.34. The number of alkyl halides is 3. The summed E-state index contributed by atoms with van der Waals surface area (Å²) in [6.45, 7) is 0. The summed E-state index contributed by atoms with van der Waals surface area (Å²) in [6.07, 6.45) is -7.66. The van der Waals surface area contributed by atoms with E-state index in [0.717, 1.165) is 18.2 Å². The Morgan fingerprint density at radius 3 is 2.33 bits per heavy atom. The number of nitrogens with two attached hydrogens (primary N) is 1. The lowest BCUT2D eigenvalue weighted by Gasteiger charge is -2.23. The van der Waals surface area contributed by atoms with Gasteiger partial charge in [0.05, 0.1) is 13.2 Å². The zero-order chi connectivity index (χ0) is 13.2. The van der Waals surface area contributed by atoms with Crippen molar-refractivity contribution in [2.24, 2.45) is 5.73 Å². The minimum Gasteiger partial charge on any atom is -0.496 e. The fraction of sp³-hybridized carbons (Fsp3) is 0.400. The maximum absolute atomic E-state index is 12.9. The molecule has 1 aromatic rings. The molecule has 18 heavy (non-hydrogen) atoms. The third-order valence-electron chi connectivity index (χ3n) is 2.23. The van der Waals surface area contributed by atoms with Crippen LogP contribution in [0.25, 0.3) is 0 Å². The lowest BCUT2D eigenvalue weighted by atomic mass is 10.0.